The van der Waals surface area contributed by atoms with Gasteiger partial charge in [-0.25, -0.2) is 4.79 Å². The van der Waals surface area contributed by atoms with Crippen LogP contribution in [0.15, 0.2) is 6.20 Å². The second kappa shape index (κ2) is 4.59. The molecule has 0 saturated heterocycles. The van der Waals surface area contributed by atoms with Gasteiger partial charge in [-0.15, -0.1) is 0 Å². The number of carbonyl (C=O) groups excluding carboxylic acids is 2. The third-order valence-corrected chi connectivity index (χ3v) is 2.07. The number of nitrogens with one attached hydrogen (secondary N) is 1. The van der Waals surface area contributed by atoms with Crippen molar-refractivity contribution in [2.24, 2.45) is 7.05 Å². The molecule has 1 aromatic heterocycles. The van der Waals surface area contributed by atoms with Gasteiger partial charge in [-0.1, -0.05) is 0 Å². The lowest BCUT2D eigenvalue weighted by Gasteiger charge is -2.02. The summed E-state index contributed by atoms with van der Waals surface area (Å²) in [6, 6.07) is 0. The first-order valence-electron chi connectivity index (χ1n) is 4.42. The van der Waals surface area contributed by atoms with Gasteiger partial charge in [0.2, 0.25) is 0 Å². The van der Waals surface area contributed by atoms with Crippen molar-refractivity contribution in [2.45, 2.75) is 6.92 Å². The number of carbonyl (C=O) groups is 2. The fourth-order valence-corrected chi connectivity index (χ4v) is 0.980. The largest absolute Gasteiger partial charge is 0.452 e. The van der Waals surface area contributed by atoms with Crippen LogP contribution in [0.3, 0.4) is 0 Å². The van der Waals surface area contributed by atoms with Crippen molar-refractivity contribution in [1.29, 1.82) is 0 Å². The summed E-state index contributed by atoms with van der Waals surface area (Å²) in [5, 5.41) is 6.25. The molecule has 1 aromatic rings. The molecule has 15 heavy (non-hydrogen) atoms. The lowest BCUT2D eigenvalue weighted by Crippen LogP contribution is -2.25. The Hall–Kier alpha value is -1.85. The number of likely N-dealkylation sites (N-methyl/N-ethyl adjacent to an activating group) is 1. The molecule has 0 aliphatic rings. The van der Waals surface area contributed by atoms with Crippen molar-refractivity contribution >= 4 is 11.9 Å². The second-order valence-corrected chi connectivity index (χ2v) is 3.02. The molecule has 1 amide bonds. The highest BCUT2D eigenvalue weighted by molar-refractivity contribution is 5.92. The van der Waals surface area contributed by atoms with Crippen molar-refractivity contribution in [1.82, 2.24) is 15.1 Å². The van der Waals surface area contributed by atoms with E-state index in [1.54, 1.807) is 18.7 Å². The molecule has 0 aliphatic heterocycles. The van der Waals surface area contributed by atoms with E-state index in [2.05, 4.69) is 10.4 Å². The van der Waals surface area contributed by atoms with E-state index in [9.17, 15) is 9.59 Å². The predicted molar refractivity (Wildman–Crippen MR) is 52.3 cm³/mol. The smallest absolute Gasteiger partial charge is 0.342 e. The zero-order valence-corrected chi connectivity index (χ0v) is 8.90. The molecular formula is C9H13N3O3. The van der Waals surface area contributed by atoms with E-state index in [1.165, 1.54) is 13.2 Å². The van der Waals surface area contributed by atoms with Crippen molar-refractivity contribution in [3.05, 3.63) is 17.5 Å². The third-order valence-electron chi connectivity index (χ3n) is 2.07. The first kappa shape index (κ1) is 11.2. The highest BCUT2D eigenvalue weighted by Gasteiger charge is 2.14. The predicted octanol–water partition coefficient (Wildman–Crippen LogP) is -0.369. The fraction of sp³-hybridized carbons (Fsp3) is 0.444. The second-order valence-electron chi connectivity index (χ2n) is 3.02. The Bertz CT molecular complexity index is 384. The van der Waals surface area contributed by atoms with Gasteiger partial charge in [-0.3, -0.25) is 9.48 Å². The summed E-state index contributed by atoms with van der Waals surface area (Å²) in [4.78, 5) is 22.3. The average Bonchev–Trinajstić information content (AvgIpc) is 2.56. The van der Waals surface area contributed by atoms with Gasteiger partial charge in [-0.05, 0) is 6.92 Å². The number of amides is 1. The molecule has 0 atom stereocenters. The first-order valence-corrected chi connectivity index (χ1v) is 4.42. The van der Waals surface area contributed by atoms with E-state index in [0.717, 1.165) is 0 Å². The van der Waals surface area contributed by atoms with E-state index < -0.39 is 5.97 Å². The Balaban J connectivity index is 2.62. The summed E-state index contributed by atoms with van der Waals surface area (Å²) >= 11 is 0. The number of rotatable bonds is 3. The minimum atomic E-state index is -0.538. The summed E-state index contributed by atoms with van der Waals surface area (Å²) in [5.41, 5.74) is 1.08. The molecule has 0 fully saturated rings. The van der Waals surface area contributed by atoms with Crippen LogP contribution in [0.5, 0.6) is 0 Å². The van der Waals surface area contributed by atoms with E-state index in [-0.39, 0.29) is 12.5 Å². The van der Waals surface area contributed by atoms with Crippen LogP contribution in [0.25, 0.3) is 0 Å². The van der Waals surface area contributed by atoms with Crippen molar-refractivity contribution in [3.63, 3.8) is 0 Å². The van der Waals surface area contributed by atoms with Crippen LogP contribution >= 0.6 is 0 Å². The molecule has 82 valence electrons. The summed E-state index contributed by atoms with van der Waals surface area (Å²) in [7, 11) is 3.20. The maximum absolute atomic E-state index is 11.4. The SMILES string of the molecule is CNC(=O)COC(=O)c1cnn(C)c1C. The summed E-state index contributed by atoms with van der Waals surface area (Å²) in [5.74, 6) is -0.880. The van der Waals surface area contributed by atoms with Gasteiger partial charge in [0, 0.05) is 19.8 Å². The first-order chi connectivity index (χ1) is 7.06. The number of aryl methyl sites for hydroxylation is 1. The molecule has 0 aliphatic carbocycles. The number of ether oxygens (including phenoxy) is 1. The maximum atomic E-state index is 11.4. The molecule has 0 bridgehead atoms. The highest BCUT2D eigenvalue weighted by atomic mass is 16.5. The van der Waals surface area contributed by atoms with E-state index in [4.69, 9.17) is 4.74 Å². The fourth-order valence-electron chi connectivity index (χ4n) is 0.980. The highest BCUT2D eigenvalue weighted by Crippen LogP contribution is 2.06. The third kappa shape index (κ3) is 2.55. The monoisotopic (exact) mass is 211 g/mol. The molecule has 6 heteroatoms. The molecule has 0 saturated carbocycles. The molecule has 0 aromatic carbocycles. The van der Waals surface area contributed by atoms with Crippen LogP contribution in [-0.2, 0) is 16.6 Å². The van der Waals surface area contributed by atoms with Gasteiger partial charge in [0.25, 0.3) is 5.91 Å². The molecule has 0 radical (unpaired) electrons. The Kier molecular flexibility index (Phi) is 3.43. The van der Waals surface area contributed by atoms with Crippen LogP contribution in [0.2, 0.25) is 0 Å². The molecular weight excluding hydrogens is 198 g/mol. The van der Waals surface area contributed by atoms with Gasteiger partial charge in [0.15, 0.2) is 6.61 Å². The van der Waals surface area contributed by atoms with Crippen LogP contribution in [0, 0.1) is 6.92 Å². The summed E-state index contributed by atoms with van der Waals surface area (Å²) < 4.78 is 6.34. The van der Waals surface area contributed by atoms with Gasteiger partial charge >= 0.3 is 5.97 Å². The minimum absolute atomic E-state index is 0.274. The average molecular weight is 211 g/mol. The standard InChI is InChI=1S/C9H13N3O3/c1-6-7(4-11-12(6)3)9(14)15-5-8(13)10-2/h4H,5H2,1-3H3,(H,10,13). The summed E-state index contributed by atoms with van der Waals surface area (Å²) in [6.07, 6.45) is 1.42. The minimum Gasteiger partial charge on any atom is -0.452 e. The Morgan fingerprint density at radius 3 is 2.73 bits per heavy atom. The van der Waals surface area contributed by atoms with Crippen molar-refractivity contribution < 1.29 is 14.3 Å². The van der Waals surface area contributed by atoms with Gasteiger partial charge < -0.3 is 10.1 Å². The Morgan fingerprint density at radius 2 is 2.27 bits per heavy atom. The van der Waals surface area contributed by atoms with Gasteiger partial charge in [0.05, 0.1) is 6.20 Å². The molecule has 1 N–H and O–H groups in total. The Labute approximate surface area is 87.2 Å². The maximum Gasteiger partial charge on any atom is 0.342 e. The van der Waals surface area contributed by atoms with Crippen molar-refractivity contribution in [3.8, 4) is 0 Å². The summed E-state index contributed by atoms with van der Waals surface area (Å²) in [6.45, 7) is 1.48. The molecule has 1 rings (SSSR count). The quantitative estimate of drug-likeness (QED) is 0.692. The number of hydrogen-bond donors (Lipinski definition) is 1. The van der Waals surface area contributed by atoms with Gasteiger partial charge in [0.1, 0.15) is 5.56 Å². The van der Waals surface area contributed by atoms with E-state index in [1.807, 2.05) is 0 Å². The van der Waals surface area contributed by atoms with Crippen LogP contribution in [-0.4, -0.2) is 35.3 Å². The molecule has 1 heterocycles. The normalized spacial score (nSPS) is 9.80. The lowest BCUT2D eigenvalue weighted by molar-refractivity contribution is -0.123. The van der Waals surface area contributed by atoms with Crippen molar-refractivity contribution in [2.75, 3.05) is 13.7 Å². The zero-order valence-electron chi connectivity index (χ0n) is 8.90. The lowest BCUT2D eigenvalue weighted by atomic mass is 10.3. The number of aromatic nitrogens is 2. The van der Waals surface area contributed by atoms with Crippen LogP contribution in [0.1, 0.15) is 16.1 Å². The van der Waals surface area contributed by atoms with Crippen LogP contribution in [0.4, 0.5) is 0 Å². The number of esters is 1. The molecule has 6 nitrogen and oxygen atoms in total. The zero-order chi connectivity index (χ0) is 11.4. The molecule has 0 unspecified atom stereocenters. The van der Waals surface area contributed by atoms with Gasteiger partial charge in [-0.2, -0.15) is 5.10 Å². The Morgan fingerprint density at radius 1 is 1.60 bits per heavy atom. The topological polar surface area (TPSA) is 73.2 Å². The number of hydrogen-bond acceptors (Lipinski definition) is 4. The van der Waals surface area contributed by atoms with Crippen LogP contribution < -0.4 is 5.32 Å². The van der Waals surface area contributed by atoms with E-state index in [0.29, 0.717) is 11.3 Å². The molecule has 0 spiro atoms. The van der Waals surface area contributed by atoms with E-state index >= 15 is 0 Å². The number of nitrogens with zero attached hydrogens (tertiary/aromatic N) is 2.